The molecule has 0 aromatic heterocycles. The first-order chi connectivity index (χ1) is 19.6. The van der Waals surface area contributed by atoms with E-state index >= 15 is 0 Å². The summed E-state index contributed by atoms with van der Waals surface area (Å²) in [6, 6.07) is 18.3. The highest BCUT2D eigenvalue weighted by Crippen LogP contribution is 2.33. The Balaban J connectivity index is 1.70. The molecule has 0 aliphatic heterocycles. The highest BCUT2D eigenvalue weighted by Gasteiger charge is 2.34. The maximum Gasteiger partial charge on any atom is 0.264 e. The summed E-state index contributed by atoms with van der Waals surface area (Å²) in [6.07, 6.45) is 4.99. The minimum atomic E-state index is -4.25. The summed E-state index contributed by atoms with van der Waals surface area (Å²) in [5, 5.41) is 3.91. The molecule has 0 radical (unpaired) electrons. The molecule has 1 aliphatic carbocycles. The Labute approximate surface area is 256 Å². The average Bonchev–Trinajstić information content (AvgIpc) is 2.96. The van der Waals surface area contributed by atoms with Crippen LogP contribution in [-0.4, -0.2) is 43.8 Å². The van der Waals surface area contributed by atoms with Crippen LogP contribution in [0.3, 0.4) is 0 Å². The summed E-state index contributed by atoms with van der Waals surface area (Å²) in [5.41, 5.74) is 0.750. The molecule has 4 rings (SSSR count). The van der Waals surface area contributed by atoms with Crippen molar-refractivity contribution < 1.29 is 18.0 Å². The standard InChI is InChI=1S/C30H32Cl3N3O4S/c1-21(30(38)34-25-11-4-2-5-12-25)35(19-22-9-8-10-23(31)17-22)29(37)20-36(28-18-24(32)15-16-27(28)33)41(39,40)26-13-6-3-7-14-26/h3,6-10,13-18,21,25H,2,4-5,11-12,19-20H2,1H3,(H,34,38)/t21-/m0/s1. The summed E-state index contributed by atoms with van der Waals surface area (Å²) in [4.78, 5) is 28.8. The van der Waals surface area contributed by atoms with E-state index in [0.29, 0.717) is 10.6 Å². The lowest BCUT2D eigenvalue weighted by atomic mass is 9.95. The van der Waals surface area contributed by atoms with Crippen molar-refractivity contribution in [3.8, 4) is 0 Å². The molecule has 0 unspecified atom stereocenters. The van der Waals surface area contributed by atoms with Gasteiger partial charge in [-0.1, -0.05) is 84.4 Å². The highest BCUT2D eigenvalue weighted by molar-refractivity contribution is 7.92. The Bertz CT molecular complexity index is 1480. The van der Waals surface area contributed by atoms with E-state index in [1.807, 2.05) is 0 Å². The van der Waals surface area contributed by atoms with Crippen molar-refractivity contribution in [2.24, 2.45) is 0 Å². The number of halogens is 3. The molecule has 3 aromatic rings. The Morgan fingerprint density at radius 3 is 2.27 bits per heavy atom. The first-order valence-electron chi connectivity index (χ1n) is 13.4. The Morgan fingerprint density at radius 2 is 1.59 bits per heavy atom. The summed E-state index contributed by atoms with van der Waals surface area (Å²) < 4.78 is 28.7. The monoisotopic (exact) mass is 635 g/mol. The Hall–Kier alpha value is -2.78. The number of anilines is 1. The third-order valence-corrected chi connectivity index (χ3v) is 9.71. The van der Waals surface area contributed by atoms with Crippen molar-refractivity contribution in [2.45, 2.75) is 62.6 Å². The molecule has 1 aliphatic rings. The Kier molecular flexibility index (Phi) is 10.6. The van der Waals surface area contributed by atoms with Gasteiger partial charge < -0.3 is 10.2 Å². The molecule has 1 N–H and O–H groups in total. The van der Waals surface area contributed by atoms with Crippen LogP contribution >= 0.6 is 34.8 Å². The molecule has 0 saturated heterocycles. The molecule has 41 heavy (non-hydrogen) atoms. The van der Waals surface area contributed by atoms with E-state index in [1.54, 1.807) is 49.4 Å². The molecule has 1 atom stereocenters. The molecule has 1 saturated carbocycles. The van der Waals surface area contributed by atoms with E-state index < -0.39 is 28.5 Å². The molecule has 7 nitrogen and oxygen atoms in total. The van der Waals surface area contributed by atoms with Crippen LogP contribution < -0.4 is 9.62 Å². The minimum absolute atomic E-state index is 0.0201. The van der Waals surface area contributed by atoms with Gasteiger partial charge in [-0.3, -0.25) is 13.9 Å². The predicted molar refractivity (Wildman–Crippen MR) is 164 cm³/mol. The van der Waals surface area contributed by atoms with Crippen LogP contribution in [0.4, 0.5) is 5.69 Å². The molecular weight excluding hydrogens is 605 g/mol. The van der Waals surface area contributed by atoms with Gasteiger partial charge in [-0.2, -0.15) is 0 Å². The number of sulfonamides is 1. The smallest absolute Gasteiger partial charge is 0.264 e. The molecule has 0 bridgehead atoms. The van der Waals surface area contributed by atoms with Crippen LogP contribution in [0.25, 0.3) is 0 Å². The fourth-order valence-electron chi connectivity index (χ4n) is 4.89. The van der Waals surface area contributed by atoms with E-state index in [1.165, 1.54) is 35.2 Å². The van der Waals surface area contributed by atoms with Crippen LogP contribution in [0, 0.1) is 0 Å². The topological polar surface area (TPSA) is 86.8 Å². The van der Waals surface area contributed by atoms with Crippen molar-refractivity contribution in [2.75, 3.05) is 10.8 Å². The van der Waals surface area contributed by atoms with E-state index in [4.69, 9.17) is 34.8 Å². The zero-order valence-corrected chi connectivity index (χ0v) is 25.7. The molecule has 1 fully saturated rings. The molecule has 218 valence electrons. The number of benzene rings is 3. The van der Waals surface area contributed by atoms with Gasteiger partial charge in [0.25, 0.3) is 10.0 Å². The lowest BCUT2D eigenvalue weighted by molar-refractivity contribution is -0.139. The second-order valence-electron chi connectivity index (χ2n) is 10.1. The van der Waals surface area contributed by atoms with Crippen molar-refractivity contribution in [1.82, 2.24) is 10.2 Å². The van der Waals surface area contributed by atoms with E-state index in [9.17, 15) is 18.0 Å². The van der Waals surface area contributed by atoms with Crippen molar-refractivity contribution >= 4 is 62.3 Å². The number of carbonyl (C=O) groups excluding carboxylic acids is 2. The van der Waals surface area contributed by atoms with Crippen molar-refractivity contribution in [1.29, 1.82) is 0 Å². The van der Waals surface area contributed by atoms with Crippen LogP contribution in [0.5, 0.6) is 0 Å². The van der Waals surface area contributed by atoms with Gasteiger partial charge in [0, 0.05) is 22.6 Å². The van der Waals surface area contributed by atoms with E-state index in [2.05, 4.69) is 5.32 Å². The fourth-order valence-corrected chi connectivity index (χ4v) is 6.99. The second-order valence-corrected chi connectivity index (χ2v) is 13.2. The quantitative estimate of drug-likeness (QED) is 0.268. The van der Waals surface area contributed by atoms with Gasteiger partial charge in [0.1, 0.15) is 12.6 Å². The van der Waals surface area contributed by atoms with Gasteiger partial charge in [0.15, 0.2) is 0 Å². The number of nitrogens with one attached hydrogen (secondary N) is 1. The largest absolute Gasteiger partial charge is 0.352 e. The van der Waals surface area contributed by atoms with Crippen LogP contribution in [-0.2, 0) is 26.2 Å². The molecule has 3 aromatic carbocycles. The SMILES string of the molecule is C[C@@H](C(=O)NC1CCCCC1)N(Cc1cccc(Cl)c1)C(=O)CN(c1cc(Cl)ccc1Cl)S(=O)(=O)c1ccccc1. The number of rotatable bonds is 10. The molecule has 11 heteroatoms. The minimum Gasteiger partial charge on any atom is -0.352 e. The maximum absolute atomic E-state index is 14.1. The Morgan fingerprint density at radius 1 is 0.902 bits per heavy atom. The van der Waals surface area contributed by atoms with Gasteiger partial charge in [-0.25, -0.2) is 8.42 Å². The third-order valence-electron chi connectivity index (χ3n) is 7.15. The molecular formula is C30H32Cl3N3O4S. The highest BCUT2D eigenvalue weighted by atomic mass is 35.5. The summed E-state index contributed by atoms with van der Waals surface area (Å²) in [7, 11) is -4.25. The van der Waals surface area contributed by atoms with Crippen molar-refractivity contribution in [3.05, 3.63) is 93.4 Å². The first kappa shape index (κ1) is 31.2. The van der Waals surface area contributed by atoms with Gasteiger partial charge >= 0.3 is 0 Å². The fraction of sp³-hybridized carbons (Fsp3) is 0.333. The zero-order chi connectivity index (χ0) is 29.6. The first-order valence-corrected chi connectivity index (χ1v) is 16.0. The number of hydrogen-bond acceptors (Lipinski definition) is 4. The van der Waals surface area contributed by atoms with E-state index in [0.717, 1.165) is 36.4 Å². The van der Waals surface area contributed by atoms with Crippen LogP contribution in [0.1, 0.15) is 44.6 Å². The third kappa shape index (κ3) is 7.95. The lowest BCUT2D eigenvalue weighted by Crippen LogP contribution is -2.53. The molecule has 2 amide bonds. The average molecular weight is 637 g/mol. The van der Waals surface area contributed by atoms with Gasteiger partial charge in [-0.05, 0) is 67.8 Å². The van der Waals surface area contributed by atoms with Crippen LogP contribution in [0.15, 0.2) is 77.7 Å². The van der Waals surface area contributed by atoms with Crippen molar-refractivity contribution in [3.63, 3.8) is 0 Å². The zero-order valence-electron chi connectivity index (χ0n) is 22.6. The normalized spacial score (nSPS) is 14.7. The lowest BCUT2D eigenvalue weighted by Gasteiger charge is -2.33. The summed E-state index contributed by atoms with van der Waals surface area (Å²) in [6.45, 7) is 1.07. The van der Waals surface area contributed by atoms with Crippen LogP contribution in [0.2, 0.25) is 15.1 Å². The molecule has 0 heterocycles. The number of carbonyl (C=O) groups is 2. The number of hydrogen-bond donors (Lipinski definition) is 1. The second kappa shape index (κ2) is 13.9. The predicted octanol–water partition coefficient (Wildman–Crippen LogP) is 6.71. The van der Waals surface area contributed by atoms with Gasteiger partial charge in [-0.15, -0.1) is 0 Å². The maximum atomic E-state index is 14.1. The van der Waals surface area contributed by atoms with Gasteiger partial charge in [0.05, 0.1) is 15.6 Å². The van der Waals surface area contributed by atoms with E-state index in [-0.39, 0.29) is 39.1 Å². The number of amides is 2. The van der Waals surface area contributed by atoms with Gasteiger partial charge in [0.2, 0.25) is 11.8 Å². The summed E-state index contributed by atoms with van der Waals surface area (Å²) >= 11 is 18.9. The number of nitrogens with zero attached hydrogens (tertiary/aromatic N) is 2. The molecule has 0 spiro atoms. The summed E-state index contributed by atoms with van der Waals surface area (Å²) in [5.74, 6) is -0.891.